The van der Waals surface area contributed by atoms with E-state index >= 15 is 0 Å². The number of thioether (sulfide) groups is 1. The Labute approximate surface area is 208 Å². The van der Waals surface area contributed by atoms with Crippen molar-refractivity contribution in [3.05, 3.63) is 20.9 Å². The average molecular weight is 535 g/mol. The van der Waals surface area contributed by atoms with E-state index in [1.54, 1.807) is 0 Å². The number of ether oxygens (including phenoxy) is 5. The number of esters is 3. The van der Waals surface area contributed by atoms with E-state index < -0.39 is 90.7 Å². The highest BCUT2D eigenvalue weighted by Gasteiger charge is 2.52. The third-order valence-electron chi connectivity index (χ3n) is 5.16. The summed E-state index contributed by atoms with van der Waals surface area (Å²) in [6.45, 7) is 2.15. The molecule has 10 atom stereocenters. The third kappa shape index (κ3) is 7.35. The normalized spacial score (nSPS) is 35.9. The number of azide groups is 2. The van der Waals surface area contributed by atoms with Gasteiger partial charge in [0.2, 0.25) is 0 Å². The summed E-state index contributed by atoms with van der Waals surface area (Å²) < 4.78 is 26.7. The van der Waals surface area contributed by atoms with Crippen molar-refractivity contribution in [2.45, 2.75) is 80.4 Å². The predicted octanol–water partition coefficient (Wildman–Crippen LogP) is -0.332. The molecule has 0 saturated carbocycles. The Morgan fingerprint density at radius 1 is 0.861 bits per heavy atom. The zero-order valence-electron chi connectivity index (χ0n) is 19.4. The van der Waals surface area contributed by atoms with Crippen LogP contribution in [0, 0.1) is 0 Å². The van der Waals surface area contributed by atoms with Gasteiger partial charge in [0.25, 0.3) is 0 Å². The minimum Gasteiger partial charge on any atom is -0.463 e. The molecule has 0 aromatic carbocycles. The molecule has 200 valence electrons. The number of carbonyl (C=O) groups is 3. The minimum absolute atomic E-state index is 0.443. The maximum Gasteiger partial charge on any atom is 0.303 e. The van der Waals surface area contributed by atoms with Crippen molar-refractivity contribution in [1.82, 2.24) is 0 Å². The highest BCUT2D eigenvalue weighted by atomic mass is 32.2. The number of aliphatic hydroxyl groups is 3. The summed E-state index contributed by atoms with van der Waals surface area (Å²) in [6.07, 6.45) is -8.33. The van der Waals surface area contributed by atoms with Crippen molar-refractivity contribution in [2.75, 3.05) is 13.2 Å². The molecule has 18 heteroatoms. The van der Waals surface area contributed by atoms with Gasteiger partial charge in [0.15, 0.2) is 0 Å². The van der Waals surface area contributed by atoms with E-state index in [4.69, 9.17) is 34.7 Å². The Hall–Kier alpha value is -2.82. The first-order valence-corrected chi connectivity index (χ1v) is 11.5. The van der Waals surface area contributed by atoms with Gasteiger partial charge in [0.1, 0.15) is 60.1 Å². The summed E-state index contributed by atoms with van der Waals surface area (Å²) in [5, 5.41) is 38.3. The van der Waals surface area contributed by atoms with Crippen LogP contribution in [-0.2, 0) is 38.1 Å². The largest absolute Gasteiger partial charge is 0.463 e. The van der Waals surface area contributed by atoms with Crippen molar-refractivity contribution in [3.8, 4) is 0 Å². The lowest BCUT2D eigenvalue weighted by Crippen LogP contribution is -2.61. The second-order valence-electron chi connectivity index (χ2n) is 7.73. The lowest BCUT2D eigenvalue weighted by molar-refractivity contribution is -0.194. The number of rotatable bonds is 9. The van der Waals surface area contributed by atoms with E-state index in [9.17, 15) is 29.7 Å². The number of nitrogens with zero attached hydrogens (tertiary/aromatic N) is 6. The Morgan fingerprint density at radius 2 is 1.39 bits per heavy atom. The van der Waals surface area contributed by atoms with E-state index in [0.717, 1.165) is 20.8 Å². The van der Waals surface area contributed by atoms with Gasteiger partial charge in [0.05, 0.1) is 12.7 Å². The van der Waals surface area contributed by atoms with Gasteiger partial charge in [-0.3, -0.25) is 14.4 Å². The molecule has 2 saturated heterocycles. The molecule has 2 aliphatic rings. The van der Waals surface area contributed by atoms with E-state index in [0.29, 0.717) is 11.8 Å². The summed E-state index contributed by atoms with van der Waals surface area (Å²) in [5.74, 6) is -2.26. The molecule has 17 nitrogen and oxygen atoms in total. The van der Waals surface area contributed by atoms with Crippen molar-refractivity contribution in [1.29, 1.82) is 0 Å². The number of aliphatic hydroxyl groups excluding tert-OH is 3. The number of hydrogen-bond donors (Lipinski definition) is 3. The first kappa shape index (κ1) is 29.4. The number of carbonyl (C=O) groups excluding carboxylic acids is 3. The Morgan fingerprint density at radius 3 is 1.89 bits per heavy atom. The van der Waals surface area contributed by atoms with Crippen molar-refractivity contribution in [2.24, 2.45) is 10.2 Å². The van der Waals surface area contributed by atoms with Crippen LogP contribution in [0.1, 0.15) is 20.8 Å². The number of hydrogen-bond acceptors (Lipinski definition) is 14. The summed E-state index contributed by atoms with van der Waals surface area (Å²) >= 11 is 0.698. The fourth-order valence-electron chi connectivity index (χ4n) is 3.69. The molecule has 0 radical (unpaired) electrons. The van der Waals surface area contributed by atoms with Gasteiger partial charge in [-0.1, -0.05) is 22.0 Å². The van der Waals surface area contributed by atoms with Gasteiger partial charge in [-0.15, -0.1) is 0 Å². The molecule has 0 aliphatic carbocycles. The van der Waals surface area contributed by atoms with Crippen LogP contribution in [0.2, 0.25) is 0 Å². The Balaban J connectivity index is 2.40. The molecular weight excluding hydrogens is 508 g/mol. The fourth-order valence-corrected chi connectivity index (χ4v) is 5.06. The fraction of sp³-hybridized carbons (Fsp3) is 0.833. The first-order valence-electron chi connectivity index (χ1n) is 10.5. The van der Waals surface area contributed by atoms with Crippen molar-refractivity contribution in [3.63, 3.8) is 0 Å². The standard InChI is InChI=1S/C18H26N6O11S/c1-6(26)31-5-10-13(29)11(21-23-19)16(33-8(3)28)18(35-10)36-17-14(30)12(22-24-20)15(32-7(2)27)9(4-25)34-17/h9-18,25,29-30H,4-5H2,1-3H3/t9?,10?,11?,12?,13-,14?,15-,16-,17-,18-/m0/s1. The molecule has 0 aromatic rings. The molecule has 2 rings (SSSR count). The van der Waals surface area contributed by atoms with Crippen LogP contribution < -0.4 is 0 Å². The van der Waals surface area contributed by atoms with Crippen LogP contribution >= 0.6 is 11.8 Å². The summed E-state index contributed by atoms with van der Waals surface area (Å²) in [7, 11) is 0. The van der Waals surface area contributed by atoms with Gasteiger partial charge in [0, 0.05) is 30.6 Å². The van der Waals surface area contributed by atoms with Gasteiger partial charge in [-0.2, -0.15) is 0 Å². The monoisotopic (exact) mass is 534 g/mol. The Bertz CT molecular complexity index is 914. The predicted molar refractivity (Wildman–Crippen MR) is 118 cm³/mol. The van der Waals surface area contributed by atoms with Crippen LogP contribution in [0.25, 0.3) is 20.9 Å². The lowest BCUT2D eigenvalue weighted by Gasteiger charge is -2.46. The molecule has 3 N–H and O–H groups in total. The molecule has 0 spiro atoms. The second-order valence-corrected chi connectivity index (χ2v) is 8.93. The van der Waals surface area contributed by atoms with Crippen LogP contribution in [-0.4, -0.2) is 106 Å². The molecule has 0 aromatic heterocycles. The van der Waals surface area contributed by atoms with E-state index in [2.05, 4.69) is 20.1 Å². The summed E-state index contributed by atoms with van der Waals surface area (Å²) in [6, 6.07) is -2.77. The topological polar surface area (TPSA) is 256 Å². The molecule has 2 heterocycles. The SMILES string of the molecule is CC(=O)OCC1O[C@@H](S[C@@H]2OC(CO)[C@H](OC(C)=O)C(N=[N+]=[N-])C2O)[C@@H](OC(C)=O)C(N=[N+]=[N-])[C@H]1O. The maximum atomic E-state index is 11.8. The molecule has 0 bridgehead atoms. The van der Waals surface area contributed by atoms with Crippen LogP contribution in [0.4, 0.5) is 0 Å². The second kappa shape index (κ2) is 13.5. The van der Waals surface area contributed by atoms with Gasteiger partial charge >= 0.3 is 17.9 Å². The summed E-state index contributed by atoms with van der Waals surface area (Å²) in [5.41, 5.74) is 15.4. The minimum atomic E-state index is -1.61. The van der Waals surface area contributed by atoms with Crippen LogP contribution in [0.15, 0.2) is 10.2 Å². The van der Waals surface area contributed by atoms with Crippen molar-refractivity contribution >= 4 is 29.7 Å². The molecular formula is C18H26N6O11S. The highest BCUT2D eigenvalue weighted by molar-refractivity contribution is 8.00. The maximum absolute atomic E-state index is 11.8. The van der Waals surface area contributed by atoms with E-state index in [1.165, 1.54) is 0 Å². The molecule has 36 heavy (non-hydrogen) atoms. The van der Waals surface area contributed by atoms with Gasteiger partial charge < -0.3 is 39.0 Å². The quantitative estimate of drug-likeness (QED) is 0.113. The zero-order chi connectivity index (χ0) is 27.0. The van der Waals surface area contributed by atoms with Gasteiger partial charge in [-0.25, -0.2) is 0 Å². The summed E-state index contributed by atoms with van der Waals surface area (Å²) in [4.78, 5) is 39.9. The van der Waals surface area contributed by atoms with E-state index in [1.807, 2.05) is 0 Å². The van der Waals surface area contributed by atoms with Gasteiger partial charge in [-0.05, 0) is 11.1 Å². The molecule has 2 fully saturated rings. The lowest BCUT2D eigenvalue weighted by atomic mass is 9.97. The third-order valence-corrected chi connectivity index (χ3v) is 6.46. The highest BCUT2D eigenvalue weighted by Crippen LogP contribution is 2.39. The van der Waals surface area contributed by atoms with E-state index in [-0.39, 0.29) is 0 Å². The zero-order valence-corrected chi connectivity index (χ0v) is 20.2. The smallest absolute Gasteiger partial charge is 0.303 e. The van der Waals surface area contributed by atoms with Crippen LogP contribution in [0.5, 0.6) is 0 Å². The van der Waals surface area contributed by atoms with Crippen molar-refractivity contribution < 1.29 is 53.4 Å². The molecule has 5 unspecified atom stereocenters. The Kier molecular flexibility index (Phi) is 11.0. The van der Waals surface area contributed by atoms with Crippen LogP contribution in [0.3, 0.4) is 0 Å². The first-order chi connectivity index (χ1) is 17.0. The molecule has 0 amide bonds. The average Bonchev–Trinajstić information content (AvgIpc) is 2.80. The molecule has 2 aliphatic heterocycles.